The SMILES string of the molecule is COc1cccc(CN2C(=O)[C@]3(SCCN3C(=O)NCc3ccccc3)c3ccccc32)c1. The van der Waals surface area contributed by atoms with Crippen molar-refractivity contribution in [1.82, 2.24) is 10.2 Å². The van der Waals surface area contributed by atoms with Crippen LogP contribution in [0.1, 0.15) is 16.7 Å². The second kappa shape index (κ2) is 8.83. The van der Waals surface area contributed by atoms with Gasteiger partial charge in [0.2, 0.25) is 0 Å². The van der Waals surface area contributed by atoms with Gasteiger partial charge >= 0.3 is 6.03 Å². The van der Waals surface area contributed by atoms with Gasteiger partial charge in [-0.05, 0) is 29.3 Å². The van der Waals surface area contributed by atoms with Crippen LogP contribution in [-0.4, -0.2) is 36.2 Å². The standard InChI is InChI=1S/C26H25N3O3S/c1-32-21-11-7-10-20(16-21)18-28-23-13-6-5-12-22(23)26(24(28)30)29(14-15-33-26)25(31)27-17-19-8-3-2-4-9-19/h2-13,16H,14-15,17-18H2,1H3,(H,27,31)/t26-/m1/s1. The van der Waals surface area contributed by atoms with Gasteiger partial charge in [0.15, 0.2) is 4.87 Å². The molecule has 1 atom stereocenters. The van der Waals surface area contributed by atoms with E-state index in [9.17, 15) is 9.59 Å². The minimum absolute atomic E-state index is 0.0797. The molecule has 2 aliphatic rings. The highest BCUT2D eigenvalue weighted by atomic mass is 32.2. The molecule has 0 bridgehead atoms. The molecule has 0 saturated carbocycles. The summed E-state index contributed by atoms with van der Waals surface area (Å²) < 4.78 is 5.35. The van der Waals surface area contributed by atoms with E-state index < -0.39 is 4.87 Å². The van der Waals surface area contributed by atoms with Crippen molar-refractivity contribution in [1.29, 1.82) is 0 Å². The summed E-state index contributed by atoms with van der Waals surface area (Å²) in [6.07, 6.45) is 0. The highest BCUT2D eigenvalue weighted by Gasteiger charge is 2.59. The van der Waals surface area contributed by atoms with Gasteiger partial charge in [0, 0.05) is 24.4 Å². The number of nitrogens with zero attached hydrogens (tertiary/aromatic N) is 2. The van der Waals surface area contributed by atoms with E-state index in [0.29, 0.717) is 25.4 Å². The number of thioether (sulfide) groups is 1. The second-order valence-electron chi connectivity index (χ2n) is 8.05. The summed E-state index contributed by atoms with van der Waals surface area (Å²) >= 11 is 1.53. The van der Waals surface area contributed by atoms with Crippen LogP contribution in [0.3, 0.4) is 0 Å². The monoisotopic (exact) mass is 459 g/mol. The van der Waals surface area contributed by atoms with Crippen molar-refractivity contribution in [2.24, 2.45) is 0 Å². The van der Waals surface area contributed by atoms with Gasteiger partial charge in [-0.1, -0.05) is 60.7 Å². The summed E-state index contributed by atoms with van der Waals surface area (Å²) in [5, 5.41) is 3.01. The molecular weight excluding hydrogens is 434 g/mol. The molecule has 168 valence electrons. The molecule has 1 spiro atoms. The number of fused-ring (bicyclic) bond motifs is 2. The second-order valence-corrected chi connectivity index (χ2v) is 9.34. The number of methoxy groups -OCH3 is 1. The minimum Gasteiger partial charge on any atom is -0.497 e. The van der Waals surface area contributed by atoms with Gasteiger partial charge in [-0.25, -0.2) is 4.79 Å². The van der Waals surface area contributed by atoms with Crippen LogP contribution in [-0.2, 0) is 22.8 Å². The summed E-state index contributed by atoms with van der Waals surface area (Å²) in [6, 6.07) is 25.1. The molecule has 2 heterocycles. The third kappa shape index (κ3) is 3.72. The normalized spacial score (nSPS) is 19.1. The van der Waals surface area contributed by atoms with Crippen molar-refractivity contribution in [3.63, 3.8) is 0 Å². The Labute approximate surface area is 197 Å². The van der Waals surface area contributed by atoms with E-state index in [1.54, 1.807) is 16.9 Å². The smallest absolute Gasteiger partial charge is 0.319 e. The molecule has 0 aliphatic carbocycles. The molecule has 7 heteroatoms. The third-order valence-corrected chi connectivity index (χ3v) is 7.53. The van der Waals surface area contributed by atoms with Gasteiger partial charge in [0.1, 0.15) is 5.75 Å². The molecule has 3 aromatic carbocycles. The molecule has 3 amide bonds. The zero-order valence-corrected chi connectivity index (χ0v) is 19.2. The number of carbonyl (C=O) groups is 2. The minimum atomic E-state index is -1.05. The lowest BCUT2D eigenvalue weighted by molar-refractivity contribution is -0.123. The Kier molecular flexibility index (Phi) is 5.72. The molecule has 0 unspecified atom stereocenters. The summed E-state index contributed by atoms with van der Waals surface area (Å²) in [7, 11) is 1.63. The average molecular weight is 460 g/mol. The molecule has 33 heavy (non-hydrogen) atoms. The average Bonchev–Trinajstić information content (AvgIpc) is 3.41. The molecule has 1 N–H and O–H groups in total. The predicted octanol–water partition coefficient (Wildman–Crippen LogP) is 4.35. The number of para-hydroxylation sites is 1. The van der Waals surface area contributed by atoms with Gasteiger partial charge in [0.25, 0.3) is 5.91 Å². The maximum atomic E-state index is 14.0. The molecule has 1 saturated heterocycles. The summed E-state index contributed by atoms with van der Waals surface area (Å²) in [5.41, 5.74) is 3.71. The Morgan fingerprint density at radius 1 is 1.03 bits per heavy atom. The highest BCUT2D eigenvalue weighted by molar-refractivity contribution is 8.01. The maximum absolute atomic E-state index is 14.0. The summed E-state index contributed by atoms with van der Waals surface area (Å²) in [6.45, 7) is 1.34. The van der Waals surface area contributed by atoms with E-state index in [1.807, 2.05) is 78.9 Å². The number of ether oxygens (including phenoxy) is 1. The number of anilines is 1. The molecule has 6 nitrogen and oxygen atoms in total. The van der Waals surface area contributed by atoms with E-state index in [0.717, 1.165) is 28.1 Å². The zero-order chi connectivity index (χ0) is 22.8. The first-order chi connectivity index (χ1) is 16.1. The van der Waals surface area contributed by atoms with Crippen LogP contribution in [0.5, 0.6) is 5.75 Å². The Hall–Kier alpha value is -3.45. The molecule has 1 fully saturated rings. The summed E-state index contributed by atoms with van der Waals surface area (Å²) in [4.78, 5) is 29.7. The van der Waals surface area contributed by atoms with E-state index in [-0.39, 0.29) is 11.9 Å². The highest BCUT2D eigenvalue weighted by Crippen LogP contribution is 2.54. The Balaban J connectivity index is 1.45. The molecule has 0 aromatic heterocycles. The van der Waals surface area contributed by atoms with Crippen LogP contribution in [0.4, 0.5) is 10.5 Å². The lowest BCUT2D eigenvalue weighted by atomic mass is 10.1. The number of nitrogens with one attached hydrogen (secondary N) is 1. The largest absolute Gasteiger partial charge is 0.497 e. The van der Waals surface area contributed by atoms with Gasteiger partial charge in [-0.3, -0.25) is 9.69 Å². The van der Waals surface area contributed by atoms with Crippen molar-refractivity contribution in [2.45, 2.75) is 18.0 Å². The van der Waals surface area contributed by atoms with Crippen LogP contribution in [0.25, 0.3) is 0 Å². The number of hydrogen-bond donors (Lipinski definition) is 1. The van der Waals surface area contributed by atoms with Crippen molar-refractivity contribution in [3.8, 4) is 5.75 Å². The Morgan fingerprint density at radius 2 is 1.79 bits per heavy atom. The van der Waals surface area contributed by atoms with Crippen LogP contribution in [0.15, 0.2) is 78.9 Å². The number of urea groups is 1. The van der Waals surface area contributed by atoms with Gasteiger partial charge in [-0.2, -0.15) is 0 Å². The lowest BCUT2D eigenvalue weighted by Crippen LogP contribution is -2.53. The fourth-order valence-electron chi connectivity index (χ4n) is 4.55. The quantitative estimate of drug-likeness (QED) is 0.616. The maximum Gasteiger partial charge on any atom is 0.319 e. The number of hydrogen-bond acceptors (Lipinski definition) is 4. The Bertz CT molecular complexity index is 1190. The van der Waals surface area contributed by atoms with E-state index >= 15 is 0 Å². The van der Waals surface area contributed by atoms with Crippen molar-refractivity contribution >= 4 is 29.4 Å². The van der Waals surface area contributed by atoms with Crippen molar-refractivity contribution < 1.29 is 14.3 Å². The third-order valence-electron chi connectivity index (χ3n) is 6.11. The van der Waals surface area contributed by atoms with Crippen LogP contribution >= 0.6 is 11.8 Å². The Morgan fingerprint density at radius 3 is 2.61 bits per heavy atom. The lowest BCUT2D eigenvalue weighted by Gasteiger charge is -2.33. The molecule has 0 radical (unpaired) electrons. The van der Waals surface area contributed by atoms with E-state index in [4.69, 9.17) is 4.74 Å². The number of rotatable bonds is 5. The fourth-order valence-corrected chi connectivity index (χ4v) is 6.01. The molecule has 2 aliphatic heterocycles. The van der Waals surface area contributed by atoms with Gasteiger partial charge in [-0.15, -0.1) is 11.8 Å². The van der Waals surface area contributed by atoms with Crippen LogP contribution in [0, 0.1) is 0 Å². The molecule has 3 aromatic rings. The van der Waals surface area contributed by atoms with Crippen molar-refractivity contribution in [3.05, 3.63) is 95.6 Å². The number of amides is 3. The van der Waals surface area contributed by atoms with Gasteiger partial charge in [0.05, 0.1) is 19.3 Å². The van der Waals surface area contributed by atoms with E-state index in [2.05, 4.69) is 5.32 Å². The van der Waals surface area contributed by atoms with Crippen molar-refractivity contribution in [2.75, 3.05) is 24.3 Å². The van der Waals surface area contributed by atoms with E-state index in [1.165, 1.54) is 11.8 Å². The zero-order valence-electron chi connectivity index (χ0n) is 18.4. The summed E-state index contributed by atoms with van der Waals surface area (Å²) in [5.74, 6) is 1.37. The fraction of sp³-hybridized carbons (Fsp3) is 0.231. The predicted molar refractivity (Wildman–Crippen MR) is 130 cm³/mol. The first-order valence-corrected chi connectivity index (χ1v) is 11.9. The first-order valence-electron chi connectivity index (χ1n) is 10.9. The van der Waals surface area contributed by atoms with Crippen LogP contribution in [0.2, 0.25) is 0 Å². The first kappa shape index (κ1) is 21.4. The number of benzene rings is 3. The molecular formula is C26H25N3O3S. The van der Waals surface area contributed by atoms with Gasteiger partial charge < -0.3 is 15.0 Å². The van der Waals surface area contributed by atoms with Crippen LogP contribution < -0.4 is 15.0 Å². The number of carbonyl (C=O) groups excluding carboxylic acids is 2. The molecule has 5 rings (SSSR count). The topological polar surface area (TPSA) is 61.9 Å².